The molecule has 2 N–H and O–H groups in total. The summed E-state index contributed by atoms with van der Waals surface area (Å²) < 4.78 is 5.84. The normalized spacial score (nSPS) is 11.8. The minimum atomic E-state index is -0.530. The maximum Gasteiger partial charge on any atom is 0.261 e. The average molecular weight is 313 g/mol. The van der Waals surface area contributed by atoms with E-state index in [0.717, 1.165) is 22.4 Å². The quantitative estimate of drug-likeness (QED) is 0.826. The molecular weight excluding hydrogens is 290 g/mol. The summed E-state index contributed by atoms with van der Waals surface area (Å²) in [5.41, 5.74) is 2.74. The van der Waals surface area contributed by atoms with Gasteiger partial charge < -0.3 is 15.2 Å². The van der Waals surface area contributed by atoms with Crippen molar-refractivity contribution in [3.8, 4) is 5.75 Å². The van der Waals surface area contributed by atoms with Crippen molar-refractivity contribution >= 4 is 5.91 Å². The molecule has 0 aliphatic rings. The van der Waals surface area contributed by atoms with Crippen LogP contribution in [0.1, 0.15) is 30.0 Å². The van der Waals surface area contributed by atoms with Crippen molar-refractivity contribution < 1.29 is 14.6 Å². The Kier molecular flexibility index (Phi) is 6.18. The number of hydrogen-bond acceptors (Lipinski definition) is 3. The van der Waals surface area contributed by atoms with E-state index in [9.17, 15) is 9.90 Å². The number of amides is 1. The first-order valence-electron chi connectivity index (χ1n) is 7.83. The average Bonchev–Trinajstić information content (AvgIpc) is 2.59. The lowest BCUT2D eigenvalue weighted by atomic mass is 10.1. The maximum absolute atomic E-state index is 12.4. The van der Waals surface area contributed by atoms with Crippen molar-refractivity contribution in [2.24, 2.45) is 0 Å². The van der Waals surface area contributed by atoms with Gasteiger partial charge in [-0.15, -0.1) is 0 Å². The molecule has 0 bridgehead atoms. The number of rotatable bonds is 7. The Hall–Kier alpha value is -2.33. The summed E-state index contributed by atoms with van der Waals surface area (Å²) in [5, 5.41) is 12.2. The Morgan fingerprint density at radius 3 is 2.43 bits per heavy atom. The number of nitrogens with one attached hydrogen (secondary N) is 1. The fourth-order valence-corrected chi connectivity index (χ4v) is 2.34. The highest BCUT2D eigenvalue weighted by Gasteiger charge is 2.19. The molecule has 4 heteroatoms. The van der Waals surface area contributed by atoms with Crippen molar-refractivity contribution in [3.05, 3.63) is 65.2 Å². The van der Waals surface area contributed by atoms with Crippen molar-refractivity contribution in [1.29, 1.82) is 0 Å². The highest BCUT2D eigenvalue weighted by Crippen LogP contribution is 2.19. The van der Waals surface area contributed by atoms with Crippen LogP contribution in [0.3, 0.4) is 0 Å². The molecular formula is C19H23NO3. The van der Waals surface area contributed by atoms with Crippen LogP contribution in [0.2, 0.25) is 0 Å². The monoisotopic (exact) mass is 313 g/mol. The predicted octanol–water partition coefficient (Wildman–Crippen LogP) is 2.96. The number of carbonyl (C=O) groups excluding carboxylic acids is 1. The predicted molar refractivity (Wildman–Crippen MR) is 90.1 cm³/mol. The van der Waals surface area contributed by atoms with Gasteiger partial charge in [0.1, 0.15) is 5.75 Å². The van der Waals surface area contributed by atoms with Gasteiger partial charge in [-0.05, 0) is 36.1 Å². The molecule has 4 nitrogen and oxygen atoms in total. The van der Waals surface area contributed by atoms with Crippen LogP contribution in [0, 0.1) is 6.92 Å². The van der Waals surface area contributed by atoms with Gasteiger partial charge in [0.2, 0.25) is 0 Å². The van der Waals surface area contributed by atoms with E-state index in [1.165, 1.54) is 0 Å². The molecule has 0 saturated heterocycles. The molecule has 0 aliphatic carbocycles. The van der Waals surface area contributed by atoms with Gasteiger partial charge in [-0.25, -0.2) is 0 Å². The van der Waals surface area contributed by atoms with E-state index in [1.54, 1.807) is 0 Å². The smallest absolute Gasteiger partial charge is 0.261 e. The van der Waals surface area contributed by atoms with Crippen LogP contribution in [0.5, 0.6) is 5.75 Å². The van der Waals surface area contributed by atoms with Gasteiger partial charge in [0.25, 0.3) is 5.91 Å². The summed E-state index contributed by atoms with van der Waals surface area (Å²) in [4.78, 5) is 12.4. The van der Waals surface area contributed by atoms with E-state index in [1.807, 2.05) is 62.4 Å². The lowest BCUT2D eigenvalue weighted by Crippen LogP contribution is -2.37. The summed E-state index contributed by atoms with van der Waals surface area (Å²) in [5.74, 6) is 0.578. The van der Waals surface area contributed by atoms with E-state index in [0.29, 0.717) is 13.0 Å². The van der Waals surface area contributed by atoms with Crippen molar-refractivity contribution in [1.82, 2.24) is 5.32 Å². The molecule has 0 heterocycles. The van der Waals surface area contributed by atoms with Gasteiger partial charge >= 0.3 is 0 Å². The Labute approximate surface area is 137 Å². The van der Waals surface area contributed by atoms with E-state index in [-0.39, 0.29) is 12.5 Å². The second-order valence-corrected chi connectivity index (χ2v) is 5.42. The molecule has 1 unspecified atom stereocenters. The number of carbonyl (C=O) groups is 1. The highest BCUT2D eigenvalue weighted by molar-refractivity contribution is 5.81. The third-order valence-electron chi connectivity index (χ3n) is 3.77. The van der Waals surface area contributed by atoms with E-state index in [2.05, 4.69) is 5.32 Å². The molecule has 0 radical (unpaired) electrons. The number of para-hydroxylation sites is 1. The number of aliphatic hydroxyl groups excluding tert-OH is 1. The number of aryl methyl sites for hydroxylation is 1. The first-order chi connectivity index (χ1) is 11.2. The van der Waals surface area contributed by atoms with Gasteiger partial charge in [-0.1, -0.05) is 49.4 Å². The Balaban J connectivity index is 1.99. The van der Waals surface area contributed by atoms with Crippen LogP contribution in [-0.2, 0) is 17.9 Å². The van der Waals surface area contributed by atoms with E-state index < -0.39 is 6.10 Å². The molecule has 2 rings (SSSR count). The molecule has 0 aromatic heterocycles. The molecule has 0 aliphatic heterocycles. The van der Waals surface area contributed by atoms with Crippen LogP contribution in [0.4, 0.5) is 0 Å². The fourth-order valence-electron chi connectivity index (χ4n) is 2.34. The lowest BCUT2D eigenvalue weighted by molar-refractivity contribution is -0.128. The summed E-state index contributed by atoms with van der Waals surface area (Å²) in [7, 11) is 0. The zero-order chi connectivity index (χ0) is 16.7. The zero-order valence-corrected chi connectivity index (χ0v) is 13.6. The van der Waals surface area contributed by atoms with Crippen LogP contribution >= 0.6 is 0 Å². The van der Waals surface area contributed by atoms with Crippen molar-refractivity contribution in [3.63, 3.8) is 0 Å². The first-order valence-corrected chi connectivity index (χ1v) is 7.83. The minimum absolute atomic E-state index is 0.0387. The van der Waals surface area contributed by atoms with Gasteiger partial charge in [-0.3, -0.25) is 4.79 Å². The molecule has 0 fully saturated rings. The molecule has 2 aromatic carbocycles. The lowest BCUT2D eigenvalue weighted by Gasteiger charge is -2.19. The Morgan fingerprint density at radius 2 is 1.78 bits per heavy atom. The number of benzene rings is 2. The Morgan fingerprint density at radius 1 is 1.13 bits per heavy atom. The van der Waals surface area contributed by atoms with Crippen LogP contribution in [0.25, 0.3) is 0 Å². The molecule has 2 aromatic rings. The fraction of sp³-hybridized carbons (Fsp3) is 0.316. The highest BCUT2D eigenvalue weighted by atomic mass is 16.5. The second kappa shape index (κ2) is 8.34. The Bertz CT molecular complexity index is 655. The van der Waals surface area contributed by atoms with E-state index in [4.69, 9.17) is 4.74 Å². The third kappa shape index (κ3) is 4.57. The third-order valence-corrected chi connectivity index (χ3v) is 3.77. The summed E-state index contributed by atoms with van der Waals surface area (Å²) in [6.07, 6.45) is 0.0549. The molecule has 122 valence electrons. The molecule has 0 spiro atoms. The SMILES string of the molecule is CCC(Oc1ccccc1C)C(=O)NCc1ccccc1CO. The minimum Gasteiger partial charge on any atom is -0.480 e. The van der Waals surface area contributed by atoms with Crippen LogP contribution in [-0.4, -0.2) is 17.1 Å². The maximum atomic E-state index is 12.4. The molecule has 1 amide bonds. The number of ether oxygens (including phenoxy) is 1. The van der Waals surface area contributed by atoms with E-state index >= 15 is 0 Å². The first kappa shape index (κ1) is 17.0. The van der Waals surface area contributed by atoms with Crippen LogP contribution < -0.4 is 10.1 Å². The van der Waals surface area contributed by atoms with Gasteiger partial charge in [0.15, 0.2) is 6.10 Å². The topological polar surface area (TPSA) is 58.6 Å². The summed E-state index contributed by atoms with van der Waals surface area (Å²) in [6.45, 7) is 4.22. The molecule has 1 atom stereocenters. The molecule has 23 heavy (non-hydrogen) atoms. The zero-order valence-electron chi connectivity index (χ0n) is 13.6. The number of aliphatic hydroxyl groups is 1. The van der Waals surface area contributed by atoms with Gasteiger partial charge in [0, 0.05) is 6.54 Å². The largest absolute Gasteiger partial charge is 0.480 e. The van der Waals surface area contributed by atoms with Crippen LogP contribution in [0.15, 0.2) is 48.5 Å². The second-order valence-electron chi connectivity index (χ2n) is 5.42. The van der Waals surface area contributed by atoms with Gasteiger partial charge in [-0.2, -0.15) is 0 Å². The standard InChI is InChI=1S/C19H23NO3/c1-3-17(23-18-11-7-4-8-14(18)2)19(22)20-12-15-9-5-6-10-16(15)13-21/h4-11,17,21H,3,12-13H2,1-2H3,(H,20,22). The summed E-state index contributed by atoms with van der Waals surface area (Å²) in [6, 6.07) is 15.2. The number of hydrogen-bond donors (Lipinski definition) is 2. The van der Waals surface area contributed by atoms with Crippen molar-refractivity contribution in [2.75, 3.05) is 0 Å². The van der Waals surface area contributed by atoms with Gasteiger partial charge in [0.05, 0.1) is 6.61 Å². The molecule has 0 saturated carbocycles. The summed E-state index contributed by atoms with van der Waals surface area (Å²) >= 11 is 0. The van der Waals surface area contributed by atoms with Crippen molar-refractivity contribution in [2.45, 2.75) is 39.5 Å².